The number of rotatable bonds is 4. The predicted molar refractivity (Wildman–Crippen MR) is 106 cm³/mol. The molecular weight excluding hydrogens is 380 g/mol. The first-order chi connectivity index (χ1) is 13.5. The molecule has 0 spiro atoms. The second kappa shape index (κ2) is 8.53. The van der Waals surface area contributed by atoms with Gasteiger partial charge in [0.2, 0.25) is 0 Å². The topological polar surface area (TPSA) is 85.3 Å². The van der Waals surface area contributed by atoms with E-state index in [9.17, 15) is 14.4 Å². The summed E-state index contributed by atoms with van der Waals surface area (Å²) in [7, 11) is 2.76. The van der Waals surface area contributed by atoms with Gasteiger partial charge in [0, 0.05) is 11.6 Å². The maximum atomic E-state index is 12.8. The normalized spacial score (nSPS) is 16.5. The van der Waals surface area contributed by atoms with Gasteiger partial charge >= 0.3 is 5.97 Å². The third-order valence-corrected chi connectivity index (χ3v) is 4.77. The van der Waals surface area contributed by atoms with Crippen LogP contribution in [-0.2, 0) is 14.3 Å². The lowest BCUT2D eigenvalue weighted by Crippen LogP contribution is -2.29. The van der Waals surface area contributed by atoms with Gasteiger partial charge in [0.05, 0.1) is 24.8 Å². The molecule has 1 aliphatic heterocycles. The first-order valence-electron chi connectivity index (χ1n) is 8.17. The molecule has 1 fully saturated rings. The van der Waals surface area contributed by atoms with Crippen LogP contribution in [0.5, 0.6) is 5.75 Å². The van der Waals surface area contributed by atoms with Crippen molar-refractivity contribution in [2.24, 2.45) is 4.99 Å². The Morgan fingerprint density at radius 2 is 1.71 bits per heavy atom. The van der Waals surface area contributed by atoms with Crippen molar-refractivity contribution in [1.29, 1.82) is 0 Å². The van der Waals surface area contributed by atoms with Gasteiger partial charge in [-0.2, -0.15) is 4.99 Å². The van der Waals surface area contributed by atoms with E-state index in [0.29, 0.717) is 17.0 Å². The number of hydrogen-bond donors (Lipinski definition) is 0. The number of benzene rings is 2. The van der Waals surface area contributed by atoms with Gasteiger partial charge in [-0.25, -0.2) is 4.79 Å². The molecule has 0 N–H and O–H groups in total. The summed E-state index contributed by atoms with van der Waals surface area (Å²) < 4.78 is 9.67. The van der Waals surface area contributed by atoms with Crippen molar-refractivity contribution in [2.75, 3.05) is 19.1 Å². The molecule has 0 aromatic heterocycles. The Bertz CT molecular complexity index is 968. The molecule has 2 aromatic rings. The molecule has 3 rings (SSSR count). The number of thioether (sulfide) groups is 1. The minimum Gasteiger partial charge on any atom is -0.497 e. The molecule has 8 heteroatoms. The van der Waals surface area contributed by atoms with Crippen molar-refractivity contribution in [3.05, 3.63) is 71.1 Å². The number of para-hydroxylation sites is 1. The third kappa shape index (κ3) is 4.12. The van der Waals surface area contributed by atoms with Gasteiger partial charge in [-0.1, -0.05) is 18.2 Å². The summed E-state index contributed by atoms with van der Waals surface area (Å²) >= 11 is 0.937. The van der Waals surface area contributed by atoms with E-state index in [4.69, 9.17) is 4.74 Å². The molecule has 2 amide bonds. The van der Waals surface area contributed by atoms with Crippen molar-refractivity contribution < 1.29 is 23.9 Å². The summed E-state index contributed by atoms with van der Waals surface area (Å²) in [6, 6.07) is 15.2. The Hall–Kier alpha value is -3.39. The van der Waals surface area contributed by atoms with Crippen molar-refractivity contribution in [1.82, 2.24) is 0 Å². The molecule has 0 saturated carbocycles. The van der Waals surface area contributed by atoms with Gasteiger partial charge in [-0.3, -0.25) is 14.5 Å². The number of ether oxygens (including phenoxy) is 2. The SMILES string of the molecule is COC(=O)C=C1SC(=NC(=O)c2ccc(OC)cc2)N(c2ccccc2)C1=O. The molecule has 28 heavy (non-hydrogen) atoms. The molecule has 0 unspecified atom stereocenters. The lowest BCUT2D eigenvalue weighted by atomic mass is 10.2. The van der Waals surface area contributed by atoms with E-state index in [1.54, 1.807) is 48.5 Å². The average Bonchev–Trinajstić information content (AvgIpc) is 3.03. The summed E-state index contributed by atoms with van der Waals surface area (Å²) in [6.07, 6.45) is 1.09. The molecule has 1 heterocycles. The van der Waals surface area contributed by atoms with Crippen LogP contribution in [0.15, 0.2) is 70.6 Å². The molecule has 0 aliphatic carbocycles. The van der Waals surface area contributed by atoms with Crippen LogP contribution in [0.3, 0.4) is 0 Å². The van der Waals surface area contributed by atoms with Crippen LogP contribution in [0.25, 0.3) is 0 Å². The maximum Gasteiger partial charge on any atom is 0.331 e. The summed E-state index contributed by atoms with van der Waals surface area (Å²) in [6.45, 7) is 0. The first kappa shape index (κ1) is 19.4. The lowest BCUT2D eigenvalue weighted by Gasteiger charge is -2.15. The first-order valence-corrected chi connectivity index (χ1v) is 8.99. The van der Waals surface area contributed by atoms with Crippen LogP contribution in [0.2, 0.25) is 0 Å². The van der Waals surface area contributed by atoms with E-state index in [2.05, 4.69) is 9.73 Å². The summed E-state index contributed by atoms with van der Waals surface area (Å²) in [5, 5.41) is 0.159. The number of carbonyl (C=O) groups is 3. The standard InChI is InChI=1S/C20H16N2O5S/c1-26-15-10-8-13(9-11-15)18(24)21-20-22(14-6-4-3-5-7-14)19(25)16(28-20)12-17(23)27-2/h3-12H,1-2H3. The second-order valence-corrected chi connectivity index (χ2v) is 6.55. The minimum atomic E-state index is -0.661. The van der Waals surface area contributed by atoms with E-state index in [1.807, 2.05) is 6.07 Å². The fourth-order valence-electron chi connectivity index (χ4n) is 2.40. The Kier molecular flexibility index (Phi) is 5.90. The molecule has 0 atom stereocenters. The van der Waals surface area contributed by atoms with Crippen molar-refractivity contribution in [3.63, 3.8) is 0 Å². The number of anilines is 1. The highest BCUT2D eigenvalue weighted by atomic mass is 32.2. The molecule has 0 radical (unpaired) electrons. The minimum absolute atomic E-state index is 0.122. The monoisotopic (exact) mass is 396 g/mol. The molecule has 7 nitrogen and oxygen atoms in total. The zero-order valence-electron chi connectivity index (χ0n) is 15.1. The quantitative estimate of drug-likeness (QED) is 0.583. The second-order valence-electron chi connectivity index (χ2n) is 5.54. The Labute approximate surface area is 165 Å². The van der Waals surface area contributed by atoms with Crippen molar-refractivity contribution >= 4 is 40.4 Å². The zero-order chi connectivity index (χ0) is 20.1. The summed E-state index contributed by atoms with van der Waals surface area (Å²) in [4.78, 5) is 42.5. The molecular formula is C20H16N2O5S. The van der Waals surface area contributed by atoms with Crippen LogP contribution in [0, 0.1) is 0 Å². The highest BCUT2D eigenvalue weighted by molar-refractivity contribution is 8.19. The number of carbonyl (C=O) groups excluding carboxylic acids is 3. The van der Waals surface area contributed by atoms with Gasteiger partial charge in [-0.05, 0) is 48.2 Å². The molecule has 1 aliphatic rings. The average molecular weight is 396 g/mol. The fourth-order valence-corrected chi connectivity index (χ4v) is 3.34. The van der Waals surface area contributed by atoms with Gasteiger partial charge in [0.1, 0.15) is 5.75 Å². The highest BCUT2D eigenvalue weighted by Crippen LogP contribution is 2.35. The number of methoxy groups -OCH3 is 2. The molecule has 0 bridgehead atoms. The number of hydrogen-bond acceptors (Lipinski definition) is 6. The Morgan fingerprint density at radius 1 is 1.04 bits per heavy atom. The van der Waals surface area contributed by atoms with Crippen molar-refractivity contribution in [2.45, 2.75) is 0 Å². The predicted octanol–water partition coefficient (Wildman–Crippen LogP) is 3.03. The number of amides is 2. The van der Waals surface area contributed by atoms with Gasteiger partial charge in [-0.15, -0.1) is 0 Å². The van der Waals surface area contributed by atoms with E-state index in [1.165, 1.54) is 19.1 Å². The van der Waals surface area contributed by atoms with Crippen LogP contribution in [0.1, 0.15) is 10.4 Å². The van der Waals surface area contributed by atoms with Crippen LogP contribution in [0.4, 0.5) is 5.69 Å². The van der Waals surface area contributed by atoms with E-state index in [-0.39, 0.29) is 10.1 Å². The Morgan fingerprint density at radius 3 is 2.32 bits per heavy atom. The fraction of sp³-hybridized carbons (Fsp3) is 0.100. The number of esters is 1. The van der Waals surface area contributed by atoms with Crippen molar-refractivity contribution in [3.8, 4) is 5.75 Å². The van der Waals surface area contributed by atoms with Crippen LogP contribution >= 0.6 is 11.8 Å². The van der Waals surface area contributed by atoms with Gasteiger partial charge in [0.15, 0.2) is 5.17 Å². The van der Waals surface area contributed by atoms with Crippen LogP contribution in [-0.4, -0.2) is 37.2 Å². The Balaban J connectivity index is 1.98. The van der Waals surface area contributed by atoms with E-state index in [0.717, 1.165) is 17.8 Å². The number of aliphatic imine (C=N–C) groups is 1. The molecule has 142 valence electrons. The van der Waals surface area contributed by atoms with Gasteiger partial charge in [0.25, 0.3) is 11.8 Å². The smallest absolute Gasteiger partial charge is 0.331 e. The zero-order valence-corrected chi connectivity index (χ0v) is 15.9. The summed E-state index contributed by atoms with van der Waals surface area (Å²) in [5.74, 6) is -1.02. The third-order valence-electron chi connectivity index (χ3n) is 3.81. The molecule has 2 aromatic carbocycles. The number of amidine groups is 1. The highest BCUT2D eigenvalue weighted by Gasteiger charge is 2.36. The lowest BCUT2D eigenvalue weighted by molar-refractivity contribution is -0.135. The largest absolute Gasteiger partial charge is 0.497 e. The summed E-state index contributed by atoms with van der Waals surface area (Å²) in [5.41, 5.74) is 0.884. The van der Waals surface area contributed by atoms with E-state index < -0.39 is 17.8 Å². The van der Waals surface area contributed by atoms with Crippen LogP contribution < -0.4 is 9.64 Å². The van der Waals surface area contributed by atoms with Gasteiger partial charge < -0.3 is 9.47 Å². The molecule has 1 saturated heterocycles. The maximum absolute atomic E-state index is 12.8. The number of nitrogens with zero attached hydrogens (tertiary/aromatic N) is 2. The van der Waals surface area contributed by atoms with E-state index >= 15 is 0 Å².